The Morgan fingerprint density at radius 3 is 2.08 bits per heavy atom. The zero-order valence-electron chi connectivity index (χ0n) is 16.0. The number of carbonyl (C=O) groups is 1. The molecular weight excluding hydrogens is 316 g/mol. The van der Waals surface area contributed by atoms with Gasteiger partial charge in [0.05, 0.1) is 18.3 Å². The van der Waals surface area contributed by atoms with Gasteiger partial charge in [-0.1, -0.05) is 63.8 Å². The van der Waals surface area contributed by atoms with E-state index in [4.69, 9.17) is 9.16 Å². The third kappa shape index (κ3) is 4.92. The molecule has 24 heavy (non-hydrogen) atoms. The van der Waals surface area contributed by atoms with E-state index >= 15 is 0 Å². The summed E-state index contributed by atoms with van der Waals surface area (Å²) in [6.45, 7) is 16.8. The summed E-state index contributed by atoms with van der Waals surface area (Å²) in [4.78, 5) is 12.3. The highest BCUT2D eigenvalue weighted by atomic mass is 28.4. The average molecular weight is 347 g/mol. The van der Waals surface area contributed by atoms with Crippen LogP contribution in [-0.2, 0) is 14.0 Å². The molecule has 0 amide bonds. The maximum absolute atomic E-state index is 12.3. The summed E-state index contributed by atoms with van der Waals surface area (Å²) in [6.07, 6.45) is 3.57. The van der Waals surface area contributed by atoms with Crippen LogP contribution in [0.3, 0.4) is 0 Å². The van der Waals surface area contributed by atoms with Crippen LogP contribution in [0.5, 0.6) is 0 Å². The van der Waals surface area contributed by atoms with Gasteiger partial charge in [-0.3, -0.25) is 0 Å². The van der Waals surface area contributed by atoms with Crippen LogP contribution in [-0.4, -0.2) is 27.0 Å². The lowest BCUT2D eigenvalue weighted by Crippen LogP contribution is -2.47. The van der Waals surface area contributed by atoms with Gasteiger partial charge >= 0.3 is 5.97 Å². The van der Waals surface area contributed by atoms with Crippen molar-refractivity contribution in [1.29, 1.82) is 0 Å². The Hall–Kier alpha value is -1.65. The summed E-state index contributed by atoms with van der Waals surface area (Å²) >= 11 is 0. The average Bonchev–Trinajstić information content (AvgIpc) is 2.51. The second-order valence-electron chi connectivity index (χ2n) is 7.67. The minimum Gasteiger partial charge on any atom is -0.465 e. The van der Waals surface area contributed by atoms with Crippen LogP contribution in [0, 0.1) is 0 Å². The highest BCUT2D eigenvalue weighted by Gasteiger charge is 2.41. The Morgan fingerprint density at radius 2 is 1.67 bits per heavy atom. The van der Waals surface area contributed by atoms with Crippen LogP contribution >= 0.6 is 0 Å². The predicted octanol–water partition coefficient (Wildman–Crippen LogP) is 5.21. The van der Waals surface area contributed by atoms with Crippen molar-refractivity contribution in [2.75, 3.05) is 7.11 Å². The first-order valence-corrected chi connectivity index (χ1v) is 11.1. The molecule has 0 aliphatic rings. The van der Waals surface area contributed by atoms with Crippen molar-refractivity contribution in [3.05, 3.63) is 54.6 Å². The molecule has 1 atom stereocenters. The van der Waals surface area contributed by atoms with Crippen molar-refractivity contribution >= 4 is 19.9 Å². The first kappa shape index (κ1) is 20.4. The van der Waals surface area contributed by atoms with Gasteiger partial charge in [0.2, 0.25) is 0 Å². The predicted molar refractivity (Wildman–Crippen MR) is 103 cm³/mol. The summed E-state index contributed by atoms with van der Waals surface area (Å²) in [6, 6.07) is 9.48. The molecule has 0 aliphatic carbocycles. The molecule has 1 unspecified atom stereocenters. The van der Waals surface area contributed by atoms with E-state index < -0.39 is 13.9 Å². The quantitative estimate of drug-likeness (QED) is 0.307. The molecule has 1 aromatic rings. The van der Waals surface area contributed by atoms with Crippen LogP contribution in [0.25, 0.3) is 5.57 Å². The number of carbonyl (C=O) groups excluding carboxylic acids is 1. The lowest BCUT2D eigenvalue weighted by Gasteiger charge is -2.42. The fourth-order valence-electron chi connectivity index (χ4n) is 2.11. The molecule has 132 valence electrons. The number of rotatable bonds is 6. The first-order chi connectivity index (χ1) is 11.0. The van der Waals surface area contributed by atoms with Gasteiger partial charge < -0.3 is 9.16 Å². The zero-order valence-corrected chi connectivity index (χ0v) is 17.0. The summed E-state index contributed by atoms with van der Waals surface area (Å²) < 4.78 is 11.5. The normalized spacial score (nSPS) is 15.5. The molecular formula is C20H30O3Si. The van der Waals surface area contributed by atoms with Crippen LogP contribution in [0.15, 0.2) is 49.1 Å². The fraction of sp³-hybridized carbons (Fsp3) is 0.450. The van der Waals surface area contributed by atoms with Gasteiger partial charge in [0, 0.05) is 0 Å². The van der Waals surface area contributed by atoms with E-state index in [-0.39, 0.29) is 11.0 Å². The molecule has 0 radical (unpaired) electrons. The minimum atomic E-state index is -2.04. The van der Waals surface area contributed by atoms with Gasteiger partial charge in [-0.25, -0.2) is 4.79 Å². The lowest BCUT2D eigenvalue weighted by molar-refractivity contribution is -0.133. The second kappa shape index (κ2) is 7.49. The molecule has 1 rings (SSSR count). The number of hydrogen-bond donors (Lipinski definition) is 0. The van der Waals surface area contributed by atoms with Crippen LogP contribution in [0.2, 0.25) is 18.1 Å². The molecule has 4 heteroatoms. The minimum absolute atomic E-state index is 0.0588. The van der Waals surface area contributed by atoms with Crippen molar-refractivity contribution in [3.63, 3.8) is 0 Å². The topological polar surface area (TPSA) is 35.5 Å². The number of methoxy groups -OCH3 is 1. The van der Waals surface area contributed by atoms with Gasteiger partial charge in [-0.15, -0.1) is 0 Å². The molecule has 0 spiro atoms. The Bertz CT molecular complexity index is 612. The van der Waals surface area contributed by atoms with Crippen molar-refractivity contribution in [1.82, 2.24) is 0 Å². The first-order valence-electron chi connectivity index (χ1n) is 8.16. The van der Waals surface area contributed by atoms with Gasteiger partial charge in [0.25, 0.3) is 0 Å². The lowest BCUT2D eigenvalue weighted by atomic mass is 9.98. The van der Waals surface area contributed by atoms with Gasteiger partial charge in [0.1, 0.15) is 0 Å². The molecule has 0 aromatic heterocycles. The summed E-state index contributed by atoms with van der Waals surface area (Å²) in [5.41, 5.74) is 0.540. The van der Waals surface area contributed by atoms with Crippen molar-refractivity contribution in [2.24, 2.45) is 0 Å². The van der Waals surface area contributed by atoms with Crippen LogP contribution < -0.4 is 0 Å². The molecule has 0 saturated carbocycles. The smallest absolute Gasteiger partial charge is 0.338 e. The molecule has 0 bridgehead atoms. The van der Waals surface area contributed by atoms with E-state index in [0.29, 0.717) is 5.57 Å². The molecule has 0 aliphatic heterocycles. The number of esters is 1. The van der Waals surface area contributed by atoms with E-state index in [2.05, 4.69) is 40.4 Å². The maximum atomic E-state index is 12.3. The van der Waals surface area contributed by atoms with E-state index in [0.717, 1.165) is 5.56 Å². The number of hydrogen-bond acceptors (Lipinski definition) is 3. The second-order valence-corrected chi connectivity index (χ2v) is 12.4. The van der Waals surface area contributed by atoms with Crippen LogP contribution in [0.4, 0.5) is 0 Å². The van der Waals surface area contributed by atoms with Crippen LogP contribution in [0.1, 0.15) is 33.3 Å². The highest BCUT2D eigenvalue weighted by Crippen LogP contribution is 2.40. The highest BCUT2D eigenvalue weighted by molar-refractivity contribution is 6.74. The van der Waals surface area contributed by atoms with Crippen molar-refractivity contribution < 1.29 is 14.0 Å². The van der Waals surface area contributed by atoms with E-state index in [1.54, 1.807) is 6.08 Å². The van der Waals surface area contributed by atoms with E-state index in [1.807, 2.05) is 43.3 Å². The summed E-state index contributed by atoms with van der Waals surface area (Å²) in [7, 11) is -0.654. The Kier molecular flexibility index (Phi) is 6.36. The third-order valence-corrected chi connectivity index (χ3v) is 9.17. The standard InChI is InChI=1S/C20H30O3Si/c1-9-20(5,23-24(7,8)19(2,3)4)15-17(18(21)22-6)16-13-11-10-12-14-16/h9-15H,1H2,2-8H3/b17-15+. The van der Waals surface area contributed by atoms with Gasteiger partial charge in [-0.05, 0) is 36.7 Å². The van der Waals surface area contributed by atoms with Gasteiger partial charge in [0.15, 0.2) is 8.32 Å². The van der Waals surface area contributed by atoms with Crippen molar-refractivity contribution in [2.45, 2.75) is 51.4 Å². The summed E-state index contributed by atoms with van der Waals surface area (Å²) in [5.74, 6) is -0.381. The molecule has 0 heterocycles. The molecule has 0 fully saturated rings. The van der Waals surface area contributed by atoms with Gasteiger partial charge in [-0.2, -0.15) is 0 Å². The third-order valence-electron chi connectivity index (χ3n) is 4.61. The molecule has 1 aromatic carbocycles. The Morgan fingerprint density at radius 1 is 1.12 bits per heavy atom. The van der Waals surface area contributed by atoms with E-state index in [1.165, 1.54) is 7.11 Å². The molecule has 0 N–H and O–H groups in total. The molecule has 0 saturated heterocycles. The maximum Gasteiger partial charge on any atom is 0.338 e. The zero-order chi connectivity index (χ0) is 18.6. The summed E-state index contributed by atoms with van der Waals surface area (Å²) in [5, 5.41) is 0.0588. The largest absolute Gasteiger partial charge is 0.465 e. The number of benzene rings is 1. The molecule has 3 nitrogen and oxygen atoms in total. The fourth-order valence-corrected chi connectivity index (χ4v) is 3.66. The van der Waals surface area contributed by atoms with Crippen molar-refractivity contribution in [3.8, 4) is 0 Å². The SMILES string of the molecule is C=CC(C)(/C=C(/C(=O)OC)c1ccccc1)O[Si](C)(C)C(C)(C)C. The number of ether oxygens (including phenoxy) is 1. The van der Waals surface area contributed by atoms with E-state index in [9.17, 15) is 4.79 Å². The monoisotopic (exact) mass is 346 g/mol. The Balaban J connectivity index is 3.35. The Labute approximate surface area is 147 Å².